The predicted octanol–water partition coefficient (Wildman–Crippen LogP) is 2.78. The van der Waals surface area contributed by atoms with E-state index in [1.165, 1.54) is 11.8 Å². The second-order valence-electron chi connectivity index (χ2n) is 6.33. The van der Waals surface area contributed by atoms with Crippen LogP contribution < -0.4 is 15.0 Å². The summed E-state index contributed by atoms with van der Waals surface area (Å²) in [7, 11) is 5.54. The fraction of sp³-hybridized carbons (Fsp3) is 0.263. The Bertz CT molecular complexity index is 955. The lowest BCUT2D eigenvalue weighted by Crippen LogP contribution is -2.15. The third-order valence-electron chi connectivity index (χ3n) is 4.00. The number of anilines is 2. The van der Waals surface area contributed by atoms with Crippen LogP contribution >= 0.6 is 11.8 Å². The molecule has 8 nitrogen and oxygen atoms in total. The molecule has 0 aliphatic rings. The van der Waals surface area contributed by atoms with Crippen LogP contribution in [0.4, 0.5) is 11.4 Å². The third kappa shape index (κ3) is 4.61. The summed E-state index contributed by atoms with van der Waals surface area (Å²) in [6, 6.07) is 13.4. The van der Waals surface area contributed by atoms with Crippen molar-refractivity contribution < 1.29 is 9.53 Å². The average Bonchev–Trinajstić information content (AvgIpc) is 3.15. The first kappa shape index (κ1) is 19.7. The number of nitrogens with one attached hydrogen (secondary N) is 1. The highest BCUT2D eigenvalue weighted by molar-refractivity contribution is 7.99. The summed E-state index contributed by atoms with van der Waals surface area (Å²) in [6.07, 6.45) is 0. The zero-order valence-electron chi connectivity index (χ0n) is 16.2. The lowest BCUT2D eigenvalue weighted by Gasteiger charge is -2.13. The van der Waals surface area contributed by atoms with Crippen molar-refractivity contribution in [2.45, 2.75) is 12.1 Å². The van der Waals surface area contributed by atoms with E-state index < -0.39 is 0 Å². The normalized spacial score (nSPS) is 10.6. The molecular formula is C19H22N6O2S. The van der Waals surface area contributed by atoms with Crippen LogP contribution in [-0.2, 0) is 4.79 Å². The maximum Gasteiger partial charge on any atom is 0.234 e. The number of tetrazole rings is 1. The molecule has 1 heterocycles. The van der Waals surface area contributed by atoms with Crippen molar-refractivity contribution in [3.05, 3.63) is 48.0 Å². The lowest BCUT2D eigenvalue weighted by molar-refractivity contribution is -0.113. The molecule has 0 aliphatic heterocycles. The Hall–Kier alpha value is -3.07. The van der Waals surface area contributed by atoms with Gasteiger partial charge in [0.1, 0.15) is 11.4 Å². The van der Waals surface area contributed by atoms with Gasteiger partial charge in [-0.1, -0.05) is 17.8 Å². The van der Waals surface area contributed by atoms with Gasteiger partial charge in [-0.2, -0.15) is 4.68 Å². The molecule has 1 N–H and O–H groups in total. The van der Waals surface area contributed by atoms with Crippen molar-refractivity contribution >= 4 is 29.0 Å². The first-order valence-electron chi connectivity index (χ1n) is 8.61. The summed E-state index contributed by atoms with van der Waals surface area (Å²) in [6.45, 7) is 1.98. The monoisotopic (exact) mass is 398 g/mol. The van der Waals surface area contributed by atoms with E-state index in [0.717, 1.165) is 22.6 Å². The number of aryl methyl sites for hydroxylation is 1. The van der Waals surface area contributed by atoms with Gasteiger partial charge in [-0.05, 0) is 59.3 Å². The molecule has 9 heteroatoms. The molecule has 146 valence electrons. The molecule has 0 bridgehead atoms. The van der Waals surface area contributed by atoms with Crippen LogP contribution in [0.1, 0.15) is 5.56 Å². The number of carbonyl (C=O) groups is 1. The fourth-order valence-corrected chi connectivity index (χ4v) is 3.24. The van der Waals surface area contributed by atoms with Gasteiger partial charge in [-0.15, -0.1) is 5.10 Å². The molecule has 0 fully saturated rings. The van der Waals surface area contributed by atoms with Crippen molar-refractivity contribution in [3.63, 3.8) is 0 Å². The van der Waals surface area contributed by atoms with Gasteiger partial charge in [-0.3, -0.25) is 4.79 Å². The number of benzene rings is 2. The van der Waals surface area contributed by atoms with Gasteiger partial charge in [0.05, 0.1) is 12.9 Å². The first-order valence-corrected chi connectivity index (χ1v) is 9.60. The van der Waals surface area contributed by atoms with E-state index in [-0.39, 0.29) is 11.7 Å². The second kappa shape index (κ2) is 8.75. The molecule has 1 aromatic heterocycles. The van der Waals surface area contributed by atoms with Gasteiger partial charge >= 0.3 is 0 Å². The number of ether oxygens (including phenoxy) is 1. The van der Waals surface area contributed by atoms with Crippen LogP contribution in [0, 0.1) is 6.92 Å². The number of rotatable bonds is 7. The molecule has 2 aromatic carbocycles. The van der Waals surface area contributed by atoms with Crippen molar-refractivity contribution in [2.24, 2.45) is 0 Å². The zero-order valence-corrected chi connectivity index (χ0v) is 17.0. The SMILES string of the molecule is COc1ccc(C)cc1-n1nnnc1SCC(=O)Nc1ccc(N(C)C)cc1. The topological polar surface area (TPSA) is 85.2 Å². The largest absolute Gasteiger partial charge is 0.494 e. The van der Waals surface area contributed by atoms with E-state index in [1.807, 2.05) is 68.4 Å². The summed E-state index contributed by atoms with van der Waals surface area (Å²) < 4.78 is 6.98. The molecule has 0 unspecified atom stereocenters. The Kier molecular flexibility index (Phi) is 6.15. The van der Waals surface area contributed by atoms with E-state index in [2.05, 4.69) is 20.8 Å². The van der Waals surface area contributed by atoms with Crippen LogP contribution in [0.3, 0.4) is 0 Å². The molecule has 3 aromatic rings. The highest BCUT2D eigenvalue weighted by atomic mass is 32.2. The van der Waals surface area contributed by atoms with Crippen LogP contribution in [0.15, 0.2) is 47.6 Å². The van der Waals surface area contributed by atoms with Gasteiger partial charge < -0.3 is 15.0 Å². The van der Waals surface area contributed by atoms with Gasteiger partial charge in [0.25, 0.3) is 0 Å². The van der Waals surface area contributed by atoms with Gasteiger partial charge in [-0.25, -0.2) is 0 Å². The highest BCUT2D eigenvalue weighted by Crippen LogP contribution is 2.27. The molecule has 0 saturated heterocycles. The second-order valence-corrected chi connectivity index (χ2v) is 7.27. The van der Waals surface area contributed by atoms with E-state index in [9.17, 15) is 4.79 Å². The summed E-state index contributed by atoms with van der Waals surface area (Å²) >= 11 is 1.26. The van der Waals surface area contributed by atoms with Crippen molar-refractivity contribution in [1.29, 1.82) is 0 Å². The number of amides is 1. The van der Waals surface area contributed by atoms with E-state index in [1.54, 1.807) is 11.8 Å². The molecule has 1 amide bonds. The highest BCUT2D eigenvalue weighted by Gasteiger charge is 2.15. The number of hydrogen-bond acceptors (Lipinski definition) is 7. The molecule has 28 heavy (non-hydrogen) atoms. The van der Waals surface area contributed by atoms with Gasteiger partial charge in [0.15, 0.2) is 0 Å². The van der Waals surface area contributed by atoms with E-state index in [0.29, 0.717) is 10.9 Å². The fourth-order valence-electron chi connectivity index (χ4n) is 2.56. The number of aromatic nitrogens is 4. The maximum atomic E-state index is 12.3. The number of methoxy groups -OCH3 is 1. The van der Waals surface area contributed by atoms with Gasteiger partial charge in [0.2, 0.25) is 11.1 Å². The summed E-state index contributed by atoms with van der Waals surface area (Å²) in [5, 5.41) is 15.2. The minimum absolute atomic E-state index is 0.131. The third-order valence-corrected chi connectivity index (χ3v) is 4.92. The maximum absolute atomic E-state index is 12.3. The Morgan fingerprint density at radius 3 is 2.64 bits per heavy atom. The summed E-state index contributed by atoms with van der Waals surface area (Å²) in [4.78, 5) is 14.3. The summed E-state index contributed by atoms with van der Waals surface area (Å²) in [5.74, 6) is 0.711. The molecule has 0 saturated carbocycles. The molecule has 3 rings (SSSR count). The van der Waals surface area contributed by atoms with Crippen LogP contribution in [-0.4, -0.2) is 53.1 Å². The summed E-state index contributed by atoms with van der Waals surface area (Å²) in [5.41, 5.74) is 3.60. The predicted molar refractivity (Wildman–Crippen MR) is 111 cm³/mol. The van der Waals surface area contributed by atoms with Gasteiger partial charge in [0, 0.05) is 25.5 Å². The van der Waals surface area contributed by atoms with Crippen LogP contribution in [0.25, 0.3) is 5.69 Å². The quantitative estimate of drug-likeness (QED) is 0.613. The molecule has 0 atom stereocenters. The van der Waals surface area contributed by atoms with Crippen molar-refractivity contribution in [2.75, 3.05) is 37.2 Å². The average molecular weight is 398 g/mol. The van der Waals surface area contributed by atoms with Crippen molar-refractivity contribution in [3.8, 4) is 11.4 Å². The zero-order chi connectivity index (χ0) is 20.1. The molecular weight excluding hydrogens is 376 g/mol. The number of hydrogen-bond donors (Lipinski definition) is 1. The number of thioether (sulfide) groups is 1. The lowest BCUT2D eigenvalue weighted by atomic mass is 10.2. The van der Waals surface area contributed by atoms with Crippen LogP contribution in [0.2, 0.25) is 0 Å². The standard InChI is InChI=1S/C19H22N6O2S/c1-13-5-10-17(27-4)16(11-13)25-19(21-22-23-25)28-12-18(26)20-14-6-8-15(9-7-14)24(2)3/h5-11H,12H2,1-4H3,(H,20,26). The Labute approximate surface area is 167 Å². The molecule has 0 aliphatic carbocycles. The number of carbonyl (C=O) groups excluding carboxylic acids is 1. The molecule has 0 radical (unpaired) electrons. The number of nitrogens with zero attached hydrogens (tertiary/aromatic N) is 5. The van der Waals surface area contributed by atoms with Crippen LogP contribution in [0.5, 0.6) is 5.75 Å². The Balaban J connectivity index is 1.67. The van der Waals surface area contributed by atoms with Crippen molar-refractivity contribution in [1.82, 2.24) is 20.2 Å². The first-order chi connectivity index (χ1) is 13.5. The smallest absolute Gasteiger partial charge is 0.234 e. The minimum atomic E-state index is -0.131. The van der Waals surface area contributed by atoms with E-state index >= 15 is 0 Å². The Morgan fingerprint density at radius 1 is 1.21 bits per heavy atom. The Morgan fingerprint density at radius 2 is 1.96 bits per heavy atom. The minimum Gasteiger partial charge on any atom is -0.494 e. The van der Waals surface area contributed by atoms with E-state index in [4.69, 9.17) is 4.74 Å². The molecule has 0 spiro atoms.